The molecule has 0 aliphatic heterocycles. The number of amides is 1. The van der Waals surface area contributed by atoms with Gasteiger partial charge in [-0.3, -0.25) is 4.79 Å². The molecule has 0 aromatic rings. The molecule has 0 spiro atoms. The Balaban J connectivity index is 4.01. The van der Waals surface area contributed by atoms with Crippen molar-refractivity contribution < 1.29 is 4.79 Å². The zero-order chi connectivity index (χ0) is 9.07. The molecule has 1 N–H and O–H groups in total. The van der Waals surface area contributed by atoms with Crippen LogP contribution in [0.15, 0.2) is 0 Å². The van der Waals surface area contributed by atoms with Gasteiger partial charge in [-0.2, -0.15) is 0 Å². The van der Waals surface area contributed by atoms with Gasteiger partial charge in [0.05, 0.1) is 0 Å². The fraction of sp³-hybridized carbons (Fsp3) is 0.889. The number of carbonyl (C=O) groups is 1. The molecule has 66 valence electrons. The van der Waals surface area contributed by atoms with Crippen LogP contribution in [-0.4, -0.2) is 11.9 Å². The topological polar surface area (TPSA) is 29.1 Å². The van der Waals surface area contributed by atoms with Crippen LogP contribution in [0, 0.1) is 5.41 Å². The van der Waals surface area contributed by atoms with Gasteiger partial charge in [-0.25, -0.2) is 0 Å². The molecule has 0 fully saturated rings. The van der Waals surface area contributed by atoms with E-state index in [1.807, 2.05) is 6.92 Å². The summed E-state index contributed by atoms with van der Waals surface area (Å²) in [7, 11) is 0. The molecule has 2 heteroatoms. The third-order valence-electron chi connectivity index (χ3n) is 2.50. The first-order chi connectivity index (χ1) is 4.90. The number of hydrogen-bond donors (Lipinski definition) is 1. The highest BCUT2D eigenvalue weighted by atomic mass is 16.1. The molecule has 0 aliphatic rings. The van der Waals surface area contributed by atoms with E-state index in [4.69, 9.17) is 0 Å². The third kappa shape index (κ3) is 3.40. The van der Waals surface area contributed by atoms with E-state index in [2.05, 4.69) is 26.1 Å². The third-order valence-corrected chi connectivity index (χ3v) is 2.50. The molecule has 2 nitrogen and oxygen atoms in total. The van der Waals surface area contributed by atoms with Crippen LogP contribution in [0.1, 0.15) is 41.0 Å². The minimum Gasteiger partial charge on any atom is -0.353 e. The largest absolute Gasteiger partial charge is 0.353 e. The summed E-state index contributed by atoms with van der Waals surface area (Å²) in [5, 5.41) is 2.90. The maximum Gasteiger partial charge on any atom is 0.217 e. The maximum atomic E-state index is 10.7. The van der Waals surface area contributed by atoms with E-state index in [9.17, 15) is 4.79 Å². The molecule has 0 heterocycles. The normalized spacial score (nSPS) is 14.3. The maximum absolute atomic E-state index is 10.7. The summed E-state index contributed by atoms with van der Waals surface area (Å²) in [5.41, 5.74) is 0.200. The van der Waals surface area contributed by atoms with Crippen molar-refractivity contribution >= 4 is 5.91 Å². The van der Waals surface area contributed by atoms with Crippen LogP contribution in [0.2, 0.25) is 0 Å². The Bertz CT molecular complexity index is 140. The fourth-order valence-electron chi connectivity index (χ4n) is 0.806. The average molecular weight is 157 g/mol. The van der Waals surface area contributed by atoms with Crippen LogP contribution in [-0.2, 0) is 4.79 Å². The van der Waals surface area contributed by atoms with Gasteiger partial charge in [0.25, 0.3) is 0 Å². The first-order valence-electron chi connectivity index (χ1n) is 4.17. The van der Waals surface area contributed by atoms with E-state index < -0.39 is 0 Å². The Hall–Kier alpha value is -0.530. The van der Waals surface area contributed by atoms with Crippen molar-refractivity contribution in [1.29, 1.82) is 0 Å². The second-order valence-corrected chi connectivity index (χ2v) is 3.76. The summed E-state index contributed by atoms with van der Waals surface area (Å²) in [6, 6.07) is 0.255. The zero-order valence-corrected chi connectivity index (χ0v) is 8.19. The van der Waals surface area contributed by atoms with Gasteiger partial charge >= 0.3 is 0 Å². The monoisotopic (exact) mass is 157 g/mol. The molecule has 0 aliphatic carbocycles. The minimum atomic E-state index is 0.0547. The lowest BCUT2D eigenvalue weighted by molar-refractivity contribution is -0.120. The van der Waals surface area contributed by atoms with Gasteiger partial charge in [0.15, 0.2) is 0 Å². The molecule has 0 aromatic carbocycles. The molecule has 0 radical (unpaired) electrons. The lowest BCUT2D eigenvalue weighted by Crippen LogP contribution is -2.41. The lowest BCUT2D eigenvalue weighted by Gasteiger charge is -2.30. The smallest absolute Gasteiger partial charge is 0.217 e. The van der Waals surface area contributed by atoms with Crippen molar-refractivity contribution in [2.24, 2.45) is 5.41 Å². The van der Waals surface area contributed by atoms with Gasteiger partial charge in [-0.05, 0) is 18.8 Å². The Morgan fingerprint density at radius 2 is 2.00 bits per heavy atom. The van der Waals surface area contributed by atoms with Crippen LogP contribution < -0.4 is 5.32 Å². The van der Waals surface area contributed by atoms with Crippen LogP contribution in [0.4, 0.5) is 0 Å². The molecule has 0 bridgehead atoms. The molecule has 1 atom stereocenters. The van der Waals surface area contributed by atoms with Crippen molar-refractivity contribution in [2.45, 2.75) is 47.1 Å². The summed E-state index contributed by atoms with van der Waals surface area (Å²) in [5.74, 6) is 0.0547. The molecule has 0 saturated heterocycles. The Morgan fingerprint density at radius 1 is 1.55 bits per heavy atom. The van der Waals surface area contributed by atoms with Crippen molar-refractivity contribution in [3.05, 3.63) is 0 Å². The molecule has 1 unspecified atom stereocenters. The number of nitrogens with one attached hydrogen (secondary N) is 1. The average Bonchev–Trinajstić information content (AvgIpc) is 1.86. The number of hydrogen-bond acceptors (Lipinski definition) is 1. The van der Waals surface area contributed by atoms with E-state index >= 15 is 0 Å². The van der Waals surface area contributed by atoms with Crippen molar-refractivity contribution in [2.75, 3.05) is 0 Å². The van der Waals surface area contributed by atoms with E-state index in [0.29, 0.717) is 0 Å². The van der Waals surface area contributed by atoms with Gasteiger partial charge in [0, 0.05) is 13.0 Å². The fourth-order valence-corrected chi connectivity index (χ4v) is 0.806. The van der Waals surface area contributed by atoms with Crippen molar-refractivity contribution in [3.8, 4) is 0 Å². The van der Waals surface area contributed by atoms with Gasteiger partial charge in [0.1, 0.15) is 0 Å². The van der Waals surface area contributed by atoms with Gasteiger partial charge < -0.3 is 5.32 Å². The second kappa shape index (κ2) is 3.74. The first-order valence-corrected chi connectivity index (χ1v) is 4.17. The SMILES string of the molecule is CCC(C)(C)C(C)NC(C)=O. The van der Waals surface area contributed by atoms with Crippen LogP contribution in [0.5, 0.6) is 0 Å². The minimum absolute atomic E-state index is 0.0547. The summed E-state index contributed by atoms with van der Waals surface area (Å²) < 4.78 is 0. The molecule has 11 heavy (non-hydrogen) atoms. The predicted molar refractivity (Wildman–Crippen MR) is 47.4 cm³/mol. The Kier molecular flexibility index (Phi) is 3.56. The molecule has 0 aromatic heterocycles. The predicted octanol–water partition coefficient (Wildman–Crippen LogP) is 1.95. The summed E-state index contributed by atoms with van der Waals surface area (Å²) in [6.07, 6.45) is 1.08. The number of carbonyl (C=O) groups excluding carboxylic acids is 1. The summed E-state index contributed by atoms with van der Waals surface area (Å²) in [4.78, 5) is 10.7. The van der Waals surface area contributed by atoms with Gasteiger partial charge in [-0.15, -0.1) is 0 Å². The standard InChI is InChI=1S/C9H19NO/c1-6-9(4,5)7(2)10-8(3)11/h7H,6H2,1-5H3,(H,10,11). The summed E-state index contributed by atoms with van der Waals surface area (Å²) in [6.45, 7) is 10.1. The first kappa shape index (κ1) is 10.5. The second-order valence-electron chi connectivity index (χ2n) is 3.76. The molecular weight excluding hydrogens is 138 g/mol. The van der Waals surface area contributed by atoms with Gasteiger partial charge in [0.2, 0.25) is 5.91 Å². The van der Waals surface area contributed by atoms with Crippen LogP contribution >= 0.6 is 0 Å². The van der Waals surface area contributed by atoms with Crippen molar-refractivity contribution in [1.82, 2.24) is 5.32 Å². The quantitative estimate of drug-likeness (QED) is 0.666. The van der Waals surface area contributed by atoms with E-state index in [1.165, 1.54) is 0 Å². The van der Waals surface area contributed by atoms with Crippen molar-refractivity contribution in [3.63, 3.8) is 0 Å². The molecular formula is C9H19NO. The van der Waals surface area contributed by atoms with Crippen LogP contribution in [0.25, 0.3) is 0 Å². The van der Waals surface area contributed by atoms with E-state index in [0.717, 1.165) is 6.42 Å². The van der Waals surface area contributed by atoms with E-state index in [-0.39, 0.29) is 17.4 Å². The molecule has 0 rings (SSSR count). The molecule has 0 saturated carbocycles. The Labute approximate surface area is 69.4 Å². The zero-order valence-electron chi connectivity index (χ0n) is 8.19. The highest BCUT2D eigenvalue weighted by Gasteiger charge is 2.23. The summed E-state index contributed by atoms with van der Waals surface area (Å²) >= 11 is 0. The Morgan fingerprint density at radius 3 is 2.27 bits per heavy atom. The highest BCUT2D eigenvalue weighted by Crippen LogP contribution is 2.23. The number of rotatable bonds is 3. The molecule has 1 amide bonds. The van der Waals surface area contributed by atoms with Gasteiger partial charge in [-0.1, -0.05) is 20.8 Å². The highest BCUT2D eigenvalue weighted by molar-refractivity contribution is 5.73. The lowest BCUT2D eigenvalue weighted by atomic mass is 9.83. The van der Waals surface area contributed by atoms with Crippen LogP contribution in [0.3, 0.4) is 0 Å². The van der Waals surface area contributed by atoms with E-state index in [1.54, 1.807) is 6.92 Å².